The number of aromatic amines is 1. The average Bonchev–Trinajstić information content (AvgIpc) is 2.68. The predicted octanol–water partition coefficient (Wildman–Crippen LogP) is 2.44. The van der Waals surface area contributed by atoms with E-state index in [1.165, 1.54) is 15.6 Å². The van der Waals surface area contributed by atoms with E-state index in [1.54, 1.807) is 18.1 Å². The van der Waals surface area contributed by atoms with E-state index in [4.69, 9.17) is 0 Å². The second-order valence-corrected chi connectivity index (χ2v) is 4.86. The lowest BCUT2D eigenvalue weighted by molar-refractivity contribution is -0.382. The van der Waals surface area contributed by atoms with Crippen LogP contribution in [-0.4, -0.2) is 12.0 Å². The number of aromatic nitrogens is 2. The van der Waals surface area contributed by atoms with Gasteiger partial charge in [0.05, 0.1) is 16.9 Å². The van der Waals surface area contributed by atoms with E-state index >= 15 is 0 Å². The summed E-state index contributed by atoms with van der Waals surface area (Å²) in [5.74, 6) is 0. The first kappa shape index (κ1) is 10.4. The molecule has 84 valence electrons. The largest absolute Gasteiger partial charge is 0.338 e. The Hall–Kier alpha value is -1.81. The fourth-order valence-electron chi connectivity index (χ4n) is 1.79. The fraction of sp³-hybridized carbons (Fsp3) is 0.0769. The van der Waals surface area contributed by atoms with E-state index in [0.29, 0.717) is 0 Å². The van der Waals surface area contributed by atoms with Gasteiger partial charge in [0.1, 0.15) is 0 Å². The number of benzene rings is 1. The number of thioether (sulfide) groups is 1. The van der Waals surface area contributed by atoms with Gasteiger partial charge in [0, 0.05) is 24.1 Å². The first-order valence-electron chi connectivity index (χ1n) is 5.39. The first-order chi connectivity index (χ1) is 8.34. The van der Waals surface area contributed by atoms with Crippen LogP contribution in [0, 0.1) is 0 Å². The SMILES string of the molecule is CN1C(=Cc2cc[nH+]cn2)Sc2ccccc21. The first-order valence-corrected chi connectivity index (χ1v) is 6.21. The summed E-state index contributed by atoms with van der Waals surface area (Å²) in [5.41, 5.74) is 2.22. The molecule has 0 aliphatic carbocycles. The third-order valence-electron chi connectivity index (χ3n) is 2.68. The molecule has 0 fully saturated rings. The van der Waals surface area contributed by atoms with E-state index in [1.807, 2.05) is 12.3 Å². The van der Waals surface area contributed by atoms with Crippen LogP contribution >= 0.6 is 11.8 Å². The molecular formula is C13H12N3S+. The minimum atomic E-state index is 0.964. The van der Waals surface area contributed by atoms with E-state index in [0.717, 1.165) is 5.69 Å². The zero-order valence-corrected chi connectivity index (χ0v) is 10.2. The van der Waals surface area contributed by atoms with E-state index < -0.39 is 0 Å². The quantitative estimate of drug-likeness (QED) is 0.769. The van der Waals surface area contributed by atoms with Crippen LogP contribution in [0.5, 0.6) is 0 Å². The highest BCUT2D eigenvalue weighted by atomic mass is 32.2. The van der Waals surface area contributed by atoms with Crippen LogP contribution in [0.4, 0.5) is 5.69 Å². The van der Waals surface area contributed by atoms with E-state index in [9.17, 15) is 0 Å². The van der Waals surface area contributed by atoms with Gasteiger partial charge in [0.25, 0.3) is 6.33 Å². The lowest BCUT2D eigenvalue weighted by atomic mass is 10.3. The highest BCUT2D eigenvalue weighted by Gasteiger charge is 2.21. The van der Waals surface area contributed by atoms with Crippen molar-refractivity contribution in [2.24, 2.45) is 0 Å². The Bertz CT molecular complexity index is 566. The summed E-state index contributed by atoms with van der Waals surface area (Å²) in [6.07, 6.45) is 5.67. The average molecular weight is 242 g/mol. The van der Waals surface area contributed by atoms with Crippen molar-refractivity contribution in [2.45, 2.75) is 4.90 Å². The molecule has 1 aliphatic heterocycles. The standard InChI is InChI=1S/C13H11N3S/c1-16-11-4-2-3-5-12(11)17-13(16)8-10-6-7-14-9-15-10/h2-9H,1H3/p+1. The number of hydrogen-bond donors (Lipinski definition) is 0. The van der Waals surface area contributed by atoms with Gasteiger partial charge >= 0.3 is 0 Å². The van der Waals surface area contributed by atoms with Gasteiger partial charge in [-0.05, 0) is 17.1 Å². The highest BCUT2D eigenvalue weighted by Crippen LogP contribution is 2.45. The van der Waals surface area contributed by atoms with Crippen LogP contribution < -0.4 is 9.88 Å². The molecule has 3 rings (SSSR count). The molecule has 3 nitrogen and oxygen atoms in total. The van der Waals surface area contributed by atoms with Gasteiger partial charge in [-0.15, -0.1) is 0 Å². The van der Waals surface area contributed by atoms with Crippen LogP contribution in [0.15, 0.2) is 52.8 Å². The smallest absolute Gasteiger partial charge is 0.284 e. The van der Waals surface area contributed by atoms with Crippen LogP contribution in [0.25, 0.3) is 6.08 Å². The van der Waals surface area contributed by atoms with Crippen LogP contribution in [0.1, 0.15) is 5.69 Å². The third kappa shape index (κ3) is 1.91. The van der Waals surface area contributed by atoms with Crippen molar-refractivity contribution in [1.82, 2.24) is 4.98 Å². The second kappa shape index (κ2) is 4.22. The number of anilines is 1. The van der Waals surface area contributed by atoms with Crippen molar-refractivity contribution in [1.29, 1.82) is 0 Å². The van der Waals surface area contributed by atoms with Crippen molar-refractivity contribution >= 4 is 23.5 Å². The number of hydrogen-bond acceptors (Lipinski definition) is 3. The molecule has 1 aliphatic rings. The number of nitrogens with zero attached hydrogens (tertiary/aromatic N) is 2. The lowest BCUT2D eigenvalue weighted by Gasteiger charge is -2.12. The van der Waals surface area contributed by atoms with Gasteiger partial charge < -0.3 is 4.90 Å². The van der Waals surface area contributed by atoms with Crippen molar-refractivity contribution in [3.05, 3.63) is 53.6 Å². The summed E-state index contributed by atoms with van der Waals surface area (Å²) in [6.45, 7) is 0. The number of nitrogens with one attached hydrogen (secondary N) is 1. The molecule has 1 aromatic heterocycles. The predicted molar refractivity (Wildman–Crippen MR) is 69.5 cm³/mol. The van der Waals surface area contributed by atoms with Gasteiger partial charge in [-0.2, -0.15) is 0 Å². The molecule has 0 saturated carbocycles. The fourth-order valence-corrected chi connectivity index (χ4v) is 2.89. The normalized spacial score (nSPS) is 16.3. The van der Waals surface area contributed by atoms with Gasteiger partial charge in [0.2, 0.25) is 0 Å². The number of rotatable bonds is 1. The zero-order chi connectivity index (χ0) is 11.7. The molecule has 0 radical (unpaired) electrons. The molecule has 0 amide bonds. The Morgan fingerprint density at radius 3 is 2.94 bits per heavy atom. The molecule has 1 aromatic carbocycles. The lowest BCUT2D eigenvalue weighted by Crippen LogP contribution is -2.09. The number of para-hydroxylation sites is 1. The Balaban J connectivity index is 1.97. The summed E-state index contributed by atoms with van der Waals surface area (Å²) in [6, 6.07) is 10.4. The maximum Gasteiger partial charge on any atom is 0.284 e. The minimum absolute atomic E-state index is 0.964. The molecule has 17 heavy (non-hydrogen) atoms. The van der Waals surface area contributed by atoms with Gasteiger partial charge in [-0.25, -0.2) is 0 Å². The highest BCUT2D eigenvalue weighted by molar-refractivity contribution is 8.03. The molecule has 2 aromatic rings. The van der Waals surface area contributed by atoms with Crippen molar-refractivity contribution in [3.63, 3.8) is 0 Å². The minimum Gasteiger partial charge on any atom is -0.338 e. The molecule has 0 atom stereocenters. The molecule has 1 N–H and O–H groups in total. The summed E-state index contributed by atoms with van der Waals surface area (Å²) >= 11 is 1.78. The van der Waals surface area contributed by atoms with Gasteiger partial charge in [0.15, 0.2) is 5.69 Å². The van der Waals surface area contributed by atoms with Crippen molar-refractivity contribution in [3.8, 4) is 0 Å². The van der Waals surface area contributed by atoms with Crippen LogP contribution in [0.3, 0.4) is 0 Å². The second-order valence-electron chi connectivity index (χ2n) is 3.79. The summed E-state index contributed by atoms with van der Waals surface area (Å²) in [5, 5.41) is 1.20. The molecule has 2 heterocycles. The number of fused-ring (bicyclic) bond motifs is 1. The Kier molecular flexibility index (Phi) is 2.57. The maximum atomic E-state index is 4.27. The van der Waals surface area contributed by atoms with Gasteiger partial charge in [-0.3, -0.25) is 4.98 Å². The van der Waals surface area contributed by atoms with Crippen molar-refractivity contribution in [2.75, 3.05) is 11.9 Å². The van der Waals surface area contributed by atoms with Gasteiger partial charge in [-0.1, -0.05) is 23.9 Å². The van der Waals surface area contributed by atoms with E-state index in [-0.39, 0.29) is 0 Å². The third-order valence-corrected chi connectivity index (χ3v) is 3.85. The van der Waals surface area contributed by atoms with Crippen molar-refractivity contribution < 1.29 is 4.98 Å². The topological polar surface area (TPSA) is 30.3 Å². The summed E-state index contributed by atoms with van der Waals surface area (Å²) in [4.78, 5) is 10.7. The molecule has 0 bridgehead atoms. The summed E-state index contributed by atoms with van der Waals surface area (Å²) < 4.78 is 0. The molecule has 4 heteroatoms. The number of H-pyrrole nitrogens is 1. The van der Waals surface area contributed by atoms with E-state index in [2.05, 4.69) is 52.3 Å². The maximum absolute atomic E-state index is 4.27. The molecule has 0 spiro atoms. The zero-order valence-electron chi connectivity index (χ0n) is 9.42. The summed E-state index contributed by atoms with van der Waals surface area (Å²) in [7, 11) is 2.08. The monoisotopic (exact) mass is 242 g/mol. The van der Waals surface area contributed by atoms with Crippen LogP contribution in [0.2, 0.25) is 0 Å². The molecular weight excluding hydrogens is 230 g/mol. The Labute approximate surface area is 104 Å². The Morgan fingerprint density at radius 2 is 2.18 bits per heavy atom. The Morgan fingerprint density at radius 1 is 1.29 bits per heavy atom. The molecule has 0 unspecified atom stereocenters. The molecule has 0 saturated heterocycles. The van der Waals surface area contributed by atoms with Crippen LogP contribution in [-0.2, 0) is 0 Å².